The highest BCUT2D eigenvalue weighted by Crippen LogP contribution is 2.32. The molecule has 5 nitrogen and oxygen atoms in total. The molecule has 106 valence electrons. The summed E-state index contributed by atoms with van der Waals surface area (Å²) in [5.41, 5.74) is 2.84. The Bertz CT molecular complexity index is 545. The number of hydrogen-bond donors (Lipinski definition) is 3. The zero-order chi connectivity index (χ0) is 14.0. The van der Waals surface area contributed by atoms with E-state index in [0.29, 0.717) is 17.5 Å². The summed E-state index contributed by atoms with van der Waals surface area (Å²) in [4.78, 5) is 0.198. The third kappa shape index (κ3) is 2.91. The van der Waals surface area contributed by atoms with E-state index in [1.807, 2.05) is 0 Å². The van der Waals surface area contributed by atoms with Gasteiger partial charge in [0.15, 0.2) is 0 Å². The van der Waals surface area contributed by atoms with Crippen LogP contribution in [0.25, 0.3) is 0 Å². The summed E-state index contributed by atoms with van der Waals surface area (Å²) in [5, 5.41) is 0. The second-order valence-corrected chi connectivity index (χ2v) is 6.96. The number of hydrazine groups is 1. The molecule has 1 aromatic carbocycles. The lowest BCUT2D eigenvalue weighted by Gasteiger charge is -2.20. The second-order valence-electron chi connectivity index (χ2n) is 5.28. The van der Waals surface area contributed by atoms with Crippen molar-refractivity contribution in [1.82, 2.24) is 4.72 Å². The van der Waals surface area contributed by atoms with Crippen LogP contribution in [-0.2, 0) is 10.0 Å². The molecule has 0 bridgehead atoms. The van der Waals surface area contributed by atoms with Crippen LogP contribution in [0.4, 0.5) is 5.69 Å². The SMILES string of the molecule is CC1CCC(NS(=O)(=O)c2ccccc2NN)C1C. The third-order valence-corrected chi connectivity index (χ3v) is 5.65. The molecule has 2 rings (SSSR count). The van der Waals surface area contributed by atoms with Crippen molar-refractivity contribution in [2.45, 2.75) is 37.6 Å². The van der Waals surface area contributed by atoms with Crippen molar-refractivity contribution in [3.8, 4) is 0 Å². The number of nitrogen functional groups attached to an aromatic ring is 1. The van der Waals surface area contributed by atoms with Gasteiger partial charge in [-0.15, -0.1) is 0 Å². The van der Waals surface area contributed by atoms with Gasteiger partial charge in [0, 0.05) is 6.04 Å². The number of anilines is 1. The average Bonchev–Trinajstić information content (AvgIpc) is 2.70. The van der Waals surface area contributed by atoms with E-state index in [2.05, 4.69) is 24.0 Å². The van der Waals surface area contributed by atoms with E-state index in [-0.39, 0.29) is 10.9 Å². The Labute approximate surface area is 114 Å². The first-order valence-electron chi connectivity index (χ1n) is 6.53. The van der Waals surface area contributed by atoms with E-state index in [1.165, 1.54) is 0 Å². The van der Waals surface area contributed by atoms with Crippen LogP contribution in [-0.4, -0.2) is 14.5 Å². The van der Waals surface area contributed by atoms with Gasteiger partial charge in [0.05, 0.1) is 5.69 Å². The Hall–Kier alpha value is -1.11. The standard InChI is InChI=1S/C13H21N3O2S/c1-9-7-8-11(10(9)2)16-19(17,18)13-6-4-3-5-12(13)15-14/h3-6,9-11,15-16H,7-8,14H2,1-2H3. The molecule has 1 aliphatic rings. The molecule has 0 spiro atoms. The van der Waals surface area contributed by atoms with Crippen molar-refractivity contribution in [3.63, 3.8) is 0 Å². The molecular weight excluding hydrogens is 262 g/mol. The number of para-hydroxylation sites is 1. The first-order valence-corrected chi connectivity index (χ1v) is 8.02. The number of rotatable bonds is 4. The molecule has 19 heavy (non-hydrogen) atoms. The Morgan fingerprint density at radius 1 is 1.21 bits per heavy atom. The smallest absolute Gasteiger partial charge is 0.242 e. The highest BCUT2D eigenvalue weighted by molar-refractivity contribution is 7.89. The van der Waals surface area contributed by atoms with Gasteiger partial charge < -0.3 is 5.43 Å². The van der Waals surface area contributed by atoms with Crippen molar-refractivity contribution in [2.75, 3.05) is 5.43 Å². The number of nitrogens with one attached hydrogen (secondary N) is 2. The summed E-state index contributed by atoms with van der Waals surface area (Å²) < 4.78 is 27.6. The fourth-order valence-electron chi connectivity index (χ4n) is 2.61. The van der Waals surface area contributed by atoms with Gasteiger partial charge in [-0.25, -0.2) is 13.1 Å². The van der Waals surface area contributed by atoms with E-state index >= 15 is 0 Å². The van der Waals surface area contributed by atoms with Gasteiger partial charge in [0.2, 0.25) is 10.0 Å². The van der Waals surface area contributed by atoms with E-state index < -0.39 is 10.0 Å². The maximum atomic E-state index is 12.4. The minimum Gasteiger partial charge on any atom is -0.323 e. The fraction of sp³-hybridized carbons (Fsp3) is 0.538. The average molecular weight is 283 g/mol. The molecular formula is C13H21N3O2S. The minimum absolute atomic E-state index is 0.00540. The first-order chi connectivity index (χ1) is 8.95. The van der Waals surface area contributed by atoms with Gasteiger partial charge in [0.1, 0.15) is 4.90 Å². The lowest BCUT2D eigenvalue weighted by Crippen LogP contribution is -2.37. The maximum absolute atomic E-state index is 12.4. The van der Waals surface area contributed by atoms with Gasteiger partial charge in [-0.1, -0.05) is 26.0 Å². The largest absolute Gasteiger partial charge is 0.323 e. The van der Waals surface area contributed by atoms with Crippen molar-refractivity contribution >= 4 is 15.7 Å². The summed E-state index contributed by atoms with van der Waals surface area (Å²) in [6, 6.07) is 6.64. The normalized spacial score (nSPS) is 27.4. The number of hydrogen-bond acceptors (Lipinski definition) is 4. The molecule has 1 fully saturated rings. The van der Waals surface area contributed by atoms with Crippen molar-refractivity contribution < 1.29 is 8.42 Å². The van der Waals surface area contributed by atoms with Crippen LogP contribution in [0.1, 0.15) is 26.7 Å². The Morgan fingerprint density at radius 2 is 1.89 bits per heavy atom. The quantitative estimate of drug-likeness (QED) is 0.580. The molecule has 0 aliphatic heterocycles. The predicted molar refractivity (Wildman–Crippen MR) is 75.9 cm³/mol. The number of nitrogens with two attached hydrogens (primary N) is 1. The fourth-order valence-corrected chi connectivity index (χ4v) is 4.15. The molecule has 1 aliphatic carbocycles. The third-order valence-electron chi connectivity index (χ3n) is 4.10. The summed E-state index contributed by atoms with van der Waals surface area (Å²) in [6.45, 7) is 4.26. The van der Waals surface area contributed by atoms with Crippen molar-refractivity contribution in [1.29, 1.82) is 0 Å². The van der Waals surface area contributed by atoms with Crippen LogP contribution >= 0.6 is 0 Å². The van der Waals surface area contributed by atoms with Crippen LogP contribution in [0.3, 0.4) is 0 Å². The van der Waals surface area contributed by atoms with E-state index in [0.717, 1.165) is 12.8 Å². The summed E-state index contributed by atoms with van der Waals surface area (Å²) in [6.07, 6.45) is 1.95. The predicted octanol–water partition coefficient (Wildman–Crippen LogP) is 1.69. The molecule has 3 unspecified atom stereocenters. The monoisotopic (exact) mass is 283 g/mol. The van der Waals surface area contributed by atoms with Crippen LogP contribution in [0.5, 0.6) is 0 Å². The molecule has 1 aromatic rings. The highest BCUT2D eigenvalue weighted by atomic mass is 32.2. The summed E-state index contributed by atoms with van der Waals surface area (Å²) in [5.74, 6) is 6.27. The maximum Gasteiger partial charge on any atom is 0.242 e. The molecule has 0 amide bonds. The van der Waals surface area contributed by atoms with Crippen molar-refractivity contribution in [3.05, 3.63) is 24.3 Å². The summed E-state index contributed by atoms with van der Waals surface area (Å²) >= 11 is 0. The van der Waals surface area contributed by atoms with Crippen LogP contribution < -0.4 is 16.0 Å². The molecule has 3 atom stereocenters. The van der Waals surface area contributed by atoms with Crippen LogP contribution in [0, 0.1) is 11.8 Å². The molecule has 0 aromatic heterocycles. The Morgan fingerprint density at radius 3 is 2.47 bits per heavy atom. The van der Waals surface area contributed by atoms with E-state index in [4.69, 9.17) is 5.84 Å². The molecule has 4 N–H and O–H groups in total. The number of benzene rings is 1. The van der Waals surface area contributed by atoms with Crippen molar-refractivity contribution in [2.24, 2.45) is 17.7 Å². The van der Waals surface area contributed by atoms with Gasteiger partial charge in [0.25, 0.3) is 0 Å². The number of sulfonamides is 1. The molecule has 0 saturated heterocycles. The second kappa shape index (κ2) is 5.48. The first kappa shape index (κ1) is 14.3. The molecule has 1 saturated carbocycles. The zero-order valence-electron chi connectivity index (χ0n) is 11.3. The van der Waals surface area contributed by atoms with E-state index in [9.17, 15) is 8.42 Å². The lowest BCUT2D eigenvalue weighted by atomic mass is 9.98. The minimum atomic E-state index is -3.54. The van der Waals surface area contributed by atoms with Gasteiger partial charge >= 0.3 is 0 Å². The zero-order valence-corrected chi connectivity index (χ0v) is 12.1. The topological polar surface area (TPSA) is 84.2 Å². The van der Waals surface area contributed by atoms with Gasteiger partial charge in [-0.3, -0.25) is 5.84 Å². The molecule has 0 radical (unpaired) electrons. The van der Waals surface area contributed by atoms with Gasteiger partial charge in [-0.05, 0) is 36.8 Å². The molecule has 6 heteroatoms. The Balaban J connectivity index is 2.23. The highest BCUT2D eigenvalue weighted by Gasteiger charge is 2.33. The Kier molecular flexibility index (Phi) is 4.13. The van der Waals surface area contributed by atoms with Gasteiger partial charge in [-0.2, -0.15) is 0 Å². The van der Waals surface area contributed by atoms with E-state index in [1.54, 1.807) is 24.3 Å². The summed E-state index contributed by atoms with van der Waals surface area (Å²) in [7, 11) is -3.54. The van der Waals surface area contributed by atoms with Crippen LogP contribution in [0.2, 0.25) is 0 Å². The molecule has 0 heterocycles. The van der Waals surface area contributed by atoms with Crippen LogP contribution in [0.15, 0.2) is 29.2 Å². The lowest BCUT2D eigenvalue weighted by molar-refractivity contribution is 0.402.